The molecule has 0 saturated carbocycles. The molecule has 0 aromatic heterocycles. The summed E-state index contributed by atoms with van der Waals surface area (Å²) in [5.41, 5.74) is 0. The minimum Gasteiger partial charge on any atom is -0.512 e. The highest BCUT2D eigenvalue weighted by molar-refractivity contribution is 5.91. The molecule has 1 rings (SSSR count). The summed E-state index contributed by atoms with van der Waals surface area (Å²) in [6, 6.07) is 0. The number of hydrogen-bond donors (Lipinski definition) is 1. The Morgan fingerprint density at radius 1 is 1.62 bits per heavy atom. The van der Waals surface area contributed by atoms with Crippen LogP contribution in [-0.4, -0.2) is 31.4 Å². The van der Waals surface area contributed by atoms with E-state index in [1.54, 1.807) is 7.11 Å². The summed E-state index contributed by atoms with van der Waals surface area (Å²) in [5.74, 6) is 0.213. The van der Waals surface area contributed by atoms with Gasteiger partial charge in [0.25, 0.3) is 0 Å². The first-order chi connectivity index (χ1) is 6.22. The van der Waals surface area contributed by atoms with E-state index in [1.807, 2.05) is 0 Å². The number of rotatable bonds is 4. The minimum atomic E-state index is -0.0326. The molecule has 0 spiro atoms. The molecule has 0 saturated heterocycles. The Morgan fingerprint density at radius 2 is 2.38 bits per heavy atom. The minimum absolute atomic E-state index is 0.0326. The summed E-state index contributed by atoms with van der Waals surface area (Å²) in [4.78, 5) is 11.0. The molecule has 0 fully saturated rings. The Labute approximate surface area is 77.1 Å². The lowest BCUT2D eigenvalue weighted by Crippen LogP contribution is -2.19. The SMILES string of the molecule is COCOCC1CC(=O)C=C(O)C1. The first-order valence-electron chi connectivity index (χ1n) is 4.21. The van der Waals surface area contributed by atoms with Gasteiger partial charge in [0.15, 0.2) is 5.78 Å². The van der Waals surface area contributed by atoms with Crippen molar-refractivity contribution < 1.29 is 19.4 Å². The van der Waals surface area contributed by atoms with E-state index in [4.69, 9.17) is 14.6 Å². The lowest BCUT2D eigenvalue weighted by Gasteiger charge is -2.18. The lowest BCUT2D eigenvalue weighted by atomic mass is 9.93. The van der Waals surface area contributed by atoms with Crippen LogP contribution >= 0.6 is 0 Å². The predicted octanol–water partition coefficient (Wildman–Crippen LogP) is 1.03. The largest absolute Gasteiger partial charge is 0.512 e. The summed E-state index contributed by atoms with van der Waals surface area (Å²) < 4.78 is 9.81. The quantitative estimate of drug-likeness (QED) is 0.526. The van der Waals surface area contributed by atoms with Crippen molar-refractivity contribution in [2.24, 2.45) is 5.92 Å². The van der Waals surface area contributed by atoms with Crippen LogP contribution in [0.1, 0.15) is 12.8 Å². The molecule has 0 amide bonds. The van der Waals surface area contributed by atoms with E-state index in [-0.39, 0.29) is 24.3 Å². The van der Waals surface area contributed by atoms with Crippen LogP contribution in [0.4, 0.5) is 0 Å². The van der Waals surface area contributed by atoms with Crippen molar-refractivity contribution in [2.45, 2.75) is 12.8 Å². The smallest absolute Gasteiger partial charge is 0.159 e. The van der Waals surface area contributed by atoms with E-state index in [0.717, 1.165) is 0 Å². The molecule has 0 aliphatic heterocycles. The third-order valence-electron chi connectivity index (χ3n) is 1.87. The number of carbonyl (C=O) groups is 1. The first kappa shape index (κ1) is 10.2. The third-order valence-corrected chi connectivity index (χ3v) is 1.87. The monoisotopic (exact) mass is 186 g/mol. The van der Waals surface area contributed by atoms with Gasteiger partial charge in [-0.15, -0.1) is 0 Å². The molecule has 1 unspecified atom stereocenters. The summed E-state index contributed by atoms with van der Waals surface area (Å²) in [5, 5.41) is 9.16. The molecule has 1 aliphatic carbocycles. The Balaban J connectivity index is 2.29. The molecule has 1 atom stereocenters. The number of ketones is 1. The second kappa shape index (κ2) is 4.99. The van der Waals surface area contributed by atoms with E-state index >= 15 is 0 Å². The van der Waals surface area contributed by atoms with Gasteiger partial charge < -0.3 is 14.6 Å². The average molecular weight is 186 g/mol. The number of ether oxygens (including phenoxy) is 2. The summed E-state index contributed by atoms with van der Waals surface area (Å²) in [6.45, 7) is 0.687. The third kappa shape index (κ3) is 3.57. The van der Waals surface area contributed by atoms with E-state index in [2.05, 4.69) is 0 Å². The maximum atomic E-state index is 11.0. The molecular formula is C9H14O4. The second-order valence-electron chi connectivity index (χ2n) is 3.15. The maximum absolute atomic E-state index is 11.0. The van der Waals surface area contributed by atoms with Crippen LogP contribution in [0, 0.1) is 5.92 Å². The Bertz CT molecular complexity index is 210. The van der Waals surface area contributed by atoms with Crippen LogP contribution in [-0.2, 0) is 14.3 Å². The van der Waals surface area contributed by atoms with Crippen molar-refractivity contribution in [3.05, 3.63) is 11.8 Å². The van der Waals surface area contributed by atoms with Crippen LogP contribution < -0.4 is 0 Å². The Morgan fingerprint density at radius 3 is 3.00 bits per heavy atom. The first-order valence-corrected chi connectivity index (χ1v) is 4.21. The van der Waals surface area contributed by atoms with Crippen molar-refractivity contribution in [1.29, 1.82) is 0 Å². The Hall–Kier alpha value is -0.870. The van der Waals surface area contributed by atoms with Gasteiger partial charge in [-0.3, -0.25) is 4.79 Å². The number of carbonyl (C=O) groups excluding carboxylic acids is 1. The van der Waals surface area contributed by atoms with E-state index in [1.165, 1.54) is 6.08 Å². The predicted molar refractivity (Wildman–Crippen MR) is 46.3 cm³/mol. The lowest BCUT2D eigenvalue weighted by molar-refractivity contribution is -0.117. The van der Waals surface area contributed by atoms with Crippen LogP contribution in [0.5, 0.6) is 0 Å². The van der Waals surface area contributed by atoms with Gasteiger partial charge >= 0.3 is 0 Å². The zero-order valence-corrected chi connectivity index (χ0v) is 7.66. The Kier molecular flexibility index (Phi) is 3.92. The highest BCUT2D eigenvalue weighted by Crippen LogP contribution is 2.20. The van der Waals surface area contributed by atoms with Crippen LogP contribution in [0.25, 0.3) is 0 Å². The highest BCUT2D eigenvalue weighted by atomic mass is 16.7. The zero-order valence-electron chi connectivity index (χ0n) is 7.66. The number of allylic oxidation sites excluding steroid dienone is 2. The highest BCUT2D eigenvalue weighted by Gasteiger charge is 2.20. The molecule has 4 heteroatoms. The van der Waals surface area contributed by atoms with Gasteiger partial charge in [0.05, 0.1) is 12.4 Å². The topological polar surface area (TPSA) is 55.8 Å². The molecule has 0 aromatic rings. The molecule has 0 radical (unpaired) electrons. The summed E-state index contributed by atoms with van der Waals surface area (Å²) >= 11 is 0. The molecular weight excluding hydrogens is 172 g/mol. The van der Waals surface area contributed by atoms with Crippen LogP contribution in [0.2, 0.25) is 0 Å². The van der Waals surface area contributed by atoms with Gasteiger partial charge in [-0.25, -0.2) is 0 Å². The fraction of sp³-hybridized carbons (Fsp3) is 0.667. The molecule has 13 heavy (non-hydrogen) atoms. The molecule has 0 bridgehead atoms. The molecule has 4 nitrogen and oxygen atoms in total. The molecule has 1 N–H and O–H groups in total. The van der Waals surface area contributed by atoms with E-state index < -0.39 is 0 Å². The number of aliphatic hydroxyl groups excluding tert-OH is 1. The van der Waals surface area contributed by atoms with Gasteiger partial charge in [0.2, 0.25) is 0 Å². The van der Waals surface area contributed by atoms with Crippen molar-refractivity contribution in [3.63, 3.8) is 0 Å². The molecule has 1 aliphatic rings. The second-order valence-corrected chi connectivity index (χ2v) is 3.15. The van der Waals surface area contributed by atoms with Gasteiger partial charge in [-0.1, -0.05) is 0 Å². The van der Waals surface area contributed by atoms with E-state index in [0.29, 0.717) is 19.4 Å². The van der Waals surface area contributed by atoms with Crippen LogP contribution in [0.15, 0.2) is 11.8 Å². The zero-order chi connectivity index (χ0) is 9.68. The van der Waals surface area contributed by atoms with Crippen molar-refractivity contribution in [2.75, 3.05) is 20.5 Å². The van der Waals surface area contributed by atoms with Crippen molar-refractivity contribution in [1.82, 2.24) is 0 Å². The molecule has 0 heterocycles. The van der Waals surface area contributed by atoms with Crippen molar-refractivity contribution >= 4 is 5.78 Å². The normalized spacial score (nSPS) is 23.0. The van der Waals surface area contributed by atoms with Gasteiger partial charge in [0.1, 0.15) is 6.79 Å². The molecule has 74 valence electrons. The summed E-state index contributed by atoms with van der Waals surface area (Å²) in [7, 11) is 1.55. The molecule has 0 aromatic carbocycles. The fourth-order valence-electron chi connectivity index (χ4n) is 1.37. The van der Waals surface area contributed by atoms with Crippen molar-refractivity contribution in [3.8, 4) is 0 Å². The average Bonchev–Trinajstić information content (AvgIpc) is 2.03. The number of aliphatic hydroxyl groups is 1. The van der Waals surface area contributed by atoms with E-state index in [9.17, 15) is 4.79 Å². The van der Waals surface area contributed by atoms with Gasteiger partial charge in [-0.2, -0.15) is 0 Å². The maximum Gasteiger partial charge on any atom is 0.159 e. The van der Waals surface area contributed by atoms with Gasteiger partial charge in [0, 0.05) is 26.0 Å². The van der Waals surface area contributed by atoms with Gasteiger partial charge in [-0.05, 0) is 5.92 Å². The fourth-order valence-corrected chi connectivity index (χ4v) is 1.37. The number of hydrogen-bond acceptors (Lipinski definition) is 4. The summed E-state index contributed by atoms with van der Waals surface area (Å²) in [6.07, 6.45) is 2.26. The van der Waals surface area contributed by atoms with Crippen LogP contribution in [0.3, 0.4) is 0 Å². The standard InChI is InChI=1S/C9H14O4/c1-12-6-13-5-7-2-8(10)4-9(11)3-7/h4,7,10H,2-3,5-6H2,1H3. The number of methoxy groups -OCH3 is 1.